The maximum atomic E-state index is 12.0. The van der Waals surface area contributed by atoms with Gasteiger partial charge in [-0.25, -0.2) is 17.9 Å². The van der Waals surface area contributed by atoms with E-state index in [2.05, 4.69) is 19.8 Å². The number of rotatable bonds is 6. The summed E-state index contributed by atoms with van der Waals surface area (Å²) in [6.07, 6.45) is 3.21. The standard InChI is InChI=1S/C16H14N4O5S/c1-17-26(22,23)13-6-4-11(5-7-13)16(21)24-10-14-19-15(20-25-14)12-3-2-8-18-9-12/h2-9,17H,10H2,1H3. The molecule has 0 amide bonds. The zero-order valence-electron chi connectivity index (χ0n) is 13.6. The maximum Gasteiger partial charge on any atom is 0.338 e. The van der Waals surface area contributed by atoms with E-state index in [9.17, 15) is 13.2 Å². The number of nitrogens with zero attached hydrogens (tertiary/aromatic N) is 3. The van der Waals surface area contributed by atoms with Gasteiger partial charge in [-0.1, -0.05) is 5.16 Å². The first-order chi connectivity index (χ1) is 12.5. The highest BCUT2D eigenvalue weighted by molar-refractivity contribution is 7.89. The molecule has 0 bridgehead atoms. The van der Waals surface area contributed by atoms with Gasteiger partial charge in [0, 0.05) is 18.0 Å². The summed E-state index contributed by atoms with van der Waals surface area (Å²) in [7, 11) is -2.25. The summed E-state index contributed by atoms with van der Waals surface area (Å²) >= 11 is 0. The summed E-state index contributed by atoms with van der Waals surface area (Å²) < 4.78 is 35.6. The topological polar surface area (TPSA) is 124 Å². The fraction of sp³-hybridized carbons (Fsp3) is 0.125. The van der Waals surface area contributed by atoms with Gasteiger partial charge < -0.3 is 9.26 Å². The summed E-state index contributed by atoms with van der Waals surface area (Å²) in [6, 6.07) is 8.87. The van der Waals surface area contributed by atoms with Crippen molar-refractivity contribution in [2.24, 2.45) is 0 Å². The number of nitrogens with one attached hydrogen (secondary N) is 1. The average molecular weight is 374 g/mol. The Labute approximate surface area is 149 Å². The Hall–Kier alpha value is -3.11. The van der Waals surface area contributed by atoms with Crippen LogP contribution in [0.4, 0.5) is 0 Å². The summed E-state index contributed by atoms with van der Waals surface area (Å²) in [6.45, 7) is -0.206. The number of benzene rings is 1. The second-order valence-electron chi connectivity index (χ2n) is 5.06. The van der Waals surface area contributed by atoms with Gasteiger partial charge in [0.2, 0.25) is 15.8 Å². The van der Waals surface area contributed by atoms with Crippen molar-refractivity contribution in [1.82, 2.24) is 19.8 Å². The Bertz CT molecular complexity index is 1000. The highest BCUT2D eigenvalue weighted by atomic mass is 32.2. The van der Waals surface area contributed by atoms with Crippen molar-refractivity contribution in [3.05, 3.63) is 60.2 Å². The van der Waals surface area contributed by atoms with Crippen molar-refractivity contribution in [1.29, 1.82) is 0 Å². The lowest BCUT2D eigenvalue weighted by Gasteiger charge is -2.04. The summed E-state index contributed by atoms with van der Waals surface area (Å²) in [4.78, 5) is 20.2. The molecule has 3 aromatic rings. The average Bonchev–Trinajstić information content (AvgIpc) is 3.16. The molecule has 0 aliphatic heterocycles. The molecule has 3 rings (SSSR count). The van der Waals surface area contributed by atoms with Crippen LogP contribution in [0.1, 0.15) is 16.2 Å². The van der Waals surface area contributed by atoms with E-state index in [4.69, 9.17) is 9.26 Å². The molecule has 0 radical (unpaired) electrons. The van der Waals surface area contributed by atoms with E-state index in [0.29, 0.717) is 11.4 Å². The lowest BCUT2D eigenvalue weighted by atomic mass is 10.2. The van der Waals surface area contributed by atoms with Crippen LogP contribution in [-0.2, 0) is 21.4 Å². The predicted molar refractivity (Wildman–Crippen MR) is 89.3 cm³/mol. The van der Waals surface area contributed by atoms with Crippen LogP contribution < -0.4 is 4.72 Å². The van der Waals surface area contributed by atoms with Crippen LogP contribution in [0.3, 0.4) is 0 Å². The van der Waals surface area contributed by atoms with Gasteiger partial charge in [-0.2, -0.15) is 4.98 Å². The van der Waals surface area contributed by atoms with Crippen molar-refractivity contribution in [2.75, 3.05) is 7.05 Å². The Balaban J connectivity index is 1.63. The zero-order valence-corrected chi connectivity index (χ0v) is 14.4. The number of hydrogen-bond donors (Lipinski definition) is 1. The van der Waals surface area contributed by atoms with Gasteiger partial charge in [0.25, 0.3) is 5.89 Å². The normalized spacial score (nSPS) is 11.3. The van der Waals surface area contributed by atoms with Crippen LogP contribution in [-0.4, -0.2) is 36.6 Å². The smallest absolute Gasteiger partial charge is 0.338 e. The van der Waals surface area contributed by atoms with Crippen LogP contribution in [0.2, 0.25) is 0 Å². The molecule has 2 heterocycles. The number of aromatic nitrogens is 3. The summed E-state index contributed by atoms with van der Waals surface area (Å²) in [5.74, 6) is -0.170. The molecule has 0 unspecified atom stereocenters. The minimum absolute atomic E-state index is 0.0505. The first-order valence-corrected chi connectivity index (χ1v) is 8.91. The van der Waals surface area contributed by atoms with Gasteiger partial charge >= 0.3 is 5.97 Å². The van der Waals surface area contributed by atoms with E-state index < -0.39 is 16.0 Å². The maximum absolute atomic E-state index is 12.0. The fourth-order valence-corrected chi connectivity index (χ4v) is 2.75. The Morgan fingerprint density at radius 2 is 2.00 bits per heavy atom. The molecule has 0 atom stereocenters. The second-order valence-corrected chi connectivity index (χ2v) is 6.95. The summed E-state index contributed by atoms with van der Waals surface area (Å²) in [5.41, 5.74) is 0.877. The third kappa shape index (κ3) is 3.92. The number of hydrogen-bond acceptors (Lipinski definition) is 8. The lowest BCUT2D eigenvalue weighted by molar-refractivity contribution is 0.0429. The van der Waals surface area contributed by atoms with Crippen LogP contribution >= 0.6 is 0 Å². The highest BCUT2D eigenvalue weighted by Gasteiger charge is 2.15. The molecule has 0 aliphatic rings. The monoisotopic (exact) mass is 374 g/mol. The molecular weight excluding hydrogens is 360 g/mol. The zero-order chi connectivity index (χ0) is 18.6. The van der Waals surface area contributed by atoms with Gasteiger partial charge in [0.1, 0.15) is 0 Å². The van der Waals surface area contributed by atoms with E-state index in [1.165, 1.54) is 31.3 Å². The molecule has 1 N–H and O–H groups in total. The molecule has 9 nitrogen and oxygen atoms in total. The molecule has 10 heteroatoms. The van der Waals surface area contributed by atoms with Crippen molar-refractivity contribution in [3.63, 3.8) is 0 Å². The Kier molecular flexibility index (Phi) is 5.05. The van der Waals surface area contributed by atoms with Crippen molar-refractivity contribution < 1.29 is 22.5 Å². The van der Waals surface area contributed by atoms with Crippen molar-refractivity contribution in [2.45, 2.75) is 11.5 Å². The molecule has 134 valence electrons. The molecular formula is C16H14N4O5S. The van der Waals surface area contributed by atoms with E-state index in [0.717, 1.165) is 0 Å². The molecule has 0 spiro atoms. The number of carbonyl (C=O) groups is 1. The van der Waals surface area contributed by atoms with E-state index in [1.54, 1.807) is 24.5 Å². The fourth-order valence-electron chi connectivity index (χ4n) is 2.02. The number of carbonyl (C=O) groups excluding carboxylic acids is 1. The van der Waals surface area contributed by atoms with E-state index >= 15 is 0 Å². The number of sulfonamides is 1. The Morgan fingerprint density at radius 1 is 1.23 bits per heavy atom. The van der Waals surface area contributed by atoms with Crippen molar-refractivity contribution >= 4 is 16.0 Å². The van der Waals surface area contributed by atoms with Crippen LogP contribution in [0.15, 0.2) is 58.2 Å². The third-order valence-corrected chi connectivity index (χ3v) is 4.81. The first-order valence-electron chi connectivity index (χ1n) is 7.43. The number of pyridine rings is 1. The lowest BCUT2D eigenvalue weighted by Crippen LogP contribution is -2.18. The molecule has 26 heavy (non-hydrogen) atoms. The van der Waals surface area contributed by atoms with Crippen LogP contribution in [0.5, 0.6) is 0 Å². The number of esters is 1. The first kappa shape index (κ1) is 17.7. The molecule has 0 fully saturated rings. The van der Waals surface area contributed by atoms with Gasteiger partial charge in [-0.15, -0.1) is 0 Å². The third-order valence-electron chi connectivity index (χ3n) is 3.38. The molecule has 1 aromatic carbocycles. The van der Waals surface area contributed by atoms with Crippen molar-refractivity contribution in [3.8, 4) is 11.4 Å². The molecule has 0 aliphatic carbocycles. The second kappa shape index (κ2) is 7.42. The van der Waals surface area contributed by atoms with Crippen LogP contribution in [0.25, 0.3) is 11.4 Å². The molecule has 0 saturated carbocycles. The molecule has 2 aromatic heterocycles. The van der Waals surface area contributed by atoms with E-state index in [1.807, 2.05) is 0 Å². The number of ether oxygens (including phenoxy) is 1. The largest absolute Gasteiger partial charge is 0.452 e. The van der Waals surface area contributed by atoms with Gasteiger partial charge in [0.15, 0.2) is 6.61 Å². The predicted octanol–water partition coefficient (Wildman–Crippen LogP) is 1.40. The SMILES string of the molecule is CNS(=O)(=O)c1ccc(C(=O)OCc2nc(-c3cccnc3)no2)cc1. The molecule has 0 saturated heterocycles. The Morgan fingerprint density at radius 3 is 2.65 bits per heavy atom. The van der Waals surface area contributed by atoms with Crippen LogP contribution in [0, 0.1) is 0 Å². The van der Waals surface area contributed by atoms with Gasteiger partial charge in [0.05, 0.1) is 10.5 Å². The highest BCUT2D eigenvalue weighted by Crippen LogP contribution is 2.15. The van der Waals surface area contributed by atoms with Gasteiger partial charge in [-0.05, 0) is 43.4 Å². The van der Waals surface area contributed by atoms with E-state index in [-0.39, 0.29) is 23.0 Å². The summed E-state index contributed by atoms with van der Waals surface area (Å²) in [5, 5.41) is 3.79. The minimum atomic E-state index is -3.56. The minimum Gasteiger partial charge on any atom is -0.452 e. The van der Waals surface area contributed by atoms with Gasteiger partial charge in [-0.3, -0.25) is 4.98 Å². The quantitative estimate of drug-likeness (QED) is 0.642.